The normalized spacial score (nSPS) is 17.1. The molecule has 1 aromatic rings. The highest BCUT2D eigenvalue weighted by molar-refractivity contribution is 5.87. The highest BCUT2D eigenvalue weighted by atomic mass is 16.6. The van der Waals surface area contributed by atoms with Gasteiger partial charge in [-0.15, -0.1) is 0 Å². The molecule has 130 valence electrons. The molecule has 1 aromatic carbocycles. The average molecular weight is 335 g/mol. The number of anilines is 1. The lowest BCUT2D eigenvalue weighted by atomic mass is 10.1. The first kappa shape index (κ1) is 17.7. The number of carbonyl (C=O) groups is 2. The molecular weight excluding hydrogens is 314 g/mol. The summed E-state index contributed by atoms with van der Waals surface area (Å²) < 4.78 is 5.23. The third-order valence-electron chi connectivity index (χ3n) is 3.46. The molecule has 0 radical (unpaired) electrons. The van der Waals surface area contributed by atoms with E-state index in [0.29, 0.717) is 11.3 Å². The third-order valence-corrected chi connectivity index (χ3v) is 3.46. The average Bonchev–Trinajstić information content (AvgIpc) is 2.62. The van der Waals surface area contributed by atoms with Gasteiger partial charge in [0.2, 0.25) is 5.91 Å². The van der Waals surface area contributed by atoms with E-state index < -0.39 is 16.6 Å². The molecule has 0 bridgehead atoms. The Kier molecular flexibility index (Phi) is 5.06. The van der Waals surface area contributed by atoms with Crippen LogP contribution in [0.25, 0.3) is 0 Å². The number of nitro groups is 1. The summed E-state index contributed by atoms with van der Waals surface area (Å²) in [7, 11) is 0. The lowest BCUT2D eigenvalue weighted by Gasteiger charge is -2.21. The number of amides is 1. The summed E-state index contributed by atoms with van der Waals surface area (Å²) in [5.74, 6) is -0.623. The number of benzene rings is 1. The number of fused-ring (bicyclic) bond motifs is 1. The third kappa shape index (κ3) is 4.68. The molecule has 0 aromatic heterocycles. The number of esters is 1. The Morgan fingerprint density at radius 2 is 2.12 bits per heavy atom. The number of nitrogens with zero attached hydrogens (tertiary/aromatic N) is 1. The molecule has 24 heavy (non-hydrogen) atoms. The second-order valence-electron chi connectivity index (χ2n) is 6.64. The van der Waals surface area contributed by atoms with E-state index in [0.717, 1.165) is 0 Å². The highest BCUT2D eigenvalue weighted by Gasteiger charge is 2.26. The fourth-order valence-electron chi connectivity index (χ4n) is 2.40. The Balaban J connectivity index is 2.05. The number of rotatable bonds is 4. The van der Waals surface area contributed by atoms with Gasteiger partial charge >= 0.3 is 5.97 Å². The van der Waals surface area contributed by atoms with Gasteiger partial charge in [-0.3, -0.25) is 19.7 Å². The molecule has 1 aliphatic heterocycles. The number of ether oxygens (including phenoxy) is 1. The quantitative estimate of drug-likeness (QED) is 0.495. The first-order chi connectivity index (χ1) is 11.2. The number of hydrogen-bond donors (Lipinski definition) is 2. The van der Waals surface area contributed by atoms with Crippen molar-refractivity contribution in [3.05, 3.63) is 33.9 Å². The van der Waals surface area contributed by atoms with Crippen molar-refractivity contribution in [2.45, 2.75) is 51.8 Å². The largest absolute Gasteiger partial charge is 0.460 e. The number of hydrogen-bond acceptors (Lipinski definition) is 6. The van der Waals surface area contributed by atoms with Crippen molar-refractivity contribution >= 4 is 23.3 Å². The van der Waals surface area contributed by atoms with Crippen LogP contribution in [0.3, 0.4) is 0 Å². The molecule has 0 aliphatic carbocycles. The van der Waals surface area contributed by atoms with E-state index in [2.05, 4.69) is 10.6 Å². The molecule has 2 N–H and O–H groups in total. The Morgan fingerprint density at radius 1 is 1.42 bits per heavy atom. The van der Waals surface area contributed by atoms with Gasteiger partial charge in [0.1, 0.15) is 11.6 Å². The monoisotopic (exact) mass is 335 g/mol. The molecule has 0 saturated heterocycles. The van der Waals surface area contributed by atoms with Crippen molar-refractivity contribution in [2.75, 3.05) is 5.32 Å². The standard InChI is InChI=1S/C16H21N3O5/c1-16(2,3)24-14(20)7-6-13-15(21)17-9-10-8-11(19(22)23)4-5-12(10)18-13/h4-5,8,13,18H,6-7,9H2,1-3H3,(H,17,21). The second-order valence-corrected chi connectivity index (χ2v) is 6.64. The second kappa shape index (κ2) is 6.86. The number of non-ortho nitro benzene ring substituents is 1. The fourth-order valence-corrected chi connectivity index (χ4v) is 2.40. The minimum atomic E-state index is -0.597. The molecular formula is C16H21N3O5. The lowest BCUT2D eigenvalue weighted by Crippen LogP contribution is -2.37. The van der Waals surface area contributed by atoms with E-state index >= 15 is 0 Å². The van der Waals surface area contributed by atoms with Gasteiger partial charge < -0.3 is 15.4 Å². The van der Waals surface area contributed by atoms with Crippen molar-refractivity contribution in [2.24, 2.45) is 0 Å². The predicted octanol–water partition coefficient (Wildman–Crippen LogP) is 2.13. The van der Waals surface area contributed by atoms with Crippen LogP contribution in [-0.4, -0.2) is 28.4 Å². The van der Waals surface area contributed by atoms with Gasteiger partial charge in [-0.25, -0.2) is 0 Å². The zero-order chi connectivity index (χ0) is 17.9. The minimum absolute atomic E-state index is 0.0306. The van der Waals surface area contributed by atoms with Crippen molar-refractivity contribution in [1.82, 2.24) is 5.32 Å². The lowest BCUT2D eigenvalue weighted by molar-refractivity contribution is -0.384. The Hall–Kier alpha value is -2.64. The van der Waals surface area contributed by atoms with E-state index in [4.69, 9.17) is 4.74 Å². The summed E-state index contributed by atoms with van der Waals surface area (Å²) in [5.41, 5.74) is 0.685. The summed E-state index contributed by atoms with van der Waals surface area (Å²) in [5, 5.41) is 16.6. The molecule has 2 rings (SSSR count). The first-order valence-corrected chi connectivity index (χ1v) is 7.69. The van der Waals surface area contributed by atoms with Crippen molar-refractivity contribution in [3.8, 4) is 0 Å². The van der Waals surface area contributed by atoms with Crippen LogP contribution in [0.2, 0.25) is 0 Å². The van der Waals surface area contributed by atoms with Gasteiger partial charge in [0.05, 0.1) is 4.92 Å². The van der Waals surface area contributed by atoms with Gasteiger partial charge in [0.25, 0.3) is 5.69 Å². The molecule has 0 fully saturated rings. The van der Waals surface area contributed by atoms with Crippen molar-refractivity contribution in [1.29, 1.82) is 0 Å². The van der Waals surface area contributed by atoms with E-state index in [1.165, 1.54) is 12.1 Å². The molecule has 1 aliphatic rings. The molecule has 1 unspecified atom stereocenters. The van der Waals surface area contributed by atoms with Crippen LogP contribution in [-0.2, 0) is 20.9 Å². The smallest absolute Gasteiger partial charge is 0.306 e. The molecule has 1 heterocycles. The predicted molar refractivity (Wildman–Crippen MR) is 87.4 cm³/mol. The van der Waals surface area contributed by atoms with Crippen LogP contribution in [0.5, 0.6) is 0 Å². The topological polar surface area (TPSA) is 111 Å². The van der Waals surface area contributed by atoms with Crippen LogP contribution >= 0.6 is 0 Å². The molecule has 8 nitrogen and oxygen atoms in total. The van der Waals surface area contributed by atoms with Crippen molar-refractivity contribution in [3.63, 3.8) is 0 Å². The van der Waals surface area contributed by atoms with Crippen LogP contribution < -0.4 is 10.6 Å². The molecule has 0 saturated carbocycles. The highest BCUT2D eigenvalue weighted by Crippen LogP contribution is 2.25. The van der Waals surface area contributed by atoms with Gasteiger partial charge in [-0.2, -0.15) is 0 Å². The molecule has 8 heteroatoms. The van der Waals surface area contributed by atoms with Gasteiger partial charge in [-0.1, -0.05) is 0 Å². The zero-order valence-corrected chi connectivity index (χ0v) is 13.9. The summed E-state index contributed by atoms with van der Waals surface area (Å²) >= 11 is 0. The number of carbonyl (C=O) groups excluding carboxylic acids is 2. The van der Waals surface area contributed by atoms with Gasteiger partial charge in [-0.05, 0) is 33.3 Å². The van der Waals surface area contributed by atoms with Gasteiger partial charge in [0.15, 0.2) is 0 Å². The Morgan fingerprint density at radius 3 is 2.75 bits per heavy atom. The Bertz CT molecular complexity index is 666. The molecule has 1 atom stereocenters. The minimum Gasteiger partial charge on any atom is -0.460 e. The maximum atomic E-state index is 12.1. The van der Waals surface area contributed by atoms with E-state index in [1.54, 1.807) is 26.8 Å². The summed E-state index contributed by atoms with van der Waals surface area (Å²) in [6.45, 7) is 5.55. The zero-order valence-electron chi connectivity index (χ0n) is 13.9. The van der Waals surface area contributed by atoms with Crippen LogP contribution in [0, 0.1) is 10.1 Å². The number of nitro benzene ring substituents is 1. The SMILES string of the molecule is CC(C)(C)OC(=O)CCC1Nc2ccc([N+](=O)[O-])cc2CNC1=O. The van der Waals surface area contributed by atoms with Crippen LogP contribution in [0.15, 0.2) is 18.2 Å². The van der Waals surface area contributed by atoms with E-state index in [-0.39, 0.29) is 37.0 Å². The maximum absolute atomic E-state index is 12.1. The van der Waals surface area contributed by atoms with Crippen molar-refractivity contribution < 1.29 is 19.2 Å². The maximum Gasteiger partial charge on any atom is 0.306 e. The molecule has 1 amide bonds. The summed E-state index contributed by atoms with van der Waals surface area (Å²) in [4.78, 5) is 34.3. The molecule has 0 spiro atoms. The van der Waals surface area contributed by atoms with Gasteiger partial charge in [0, 0.05) is 36.3 Å². The van der Waals surface area contributed by atoms with E-state index in [1.807, 2.05) is 0 Å². The Labute approximate surface area is 139 Å². The summed E-state index contributed by atoms with van der Waals surface area (Å²) in [6.07, 6.45) is 0.377. The first-order valence-electron chi connectivity index (χ1n) is 7.69. The number of nitrogens with one attached hydrogen (secondary N) is 2. The van der Waals surface area contributed by atoms with Crippen LogP contribution in [0.1, 0.15) is 39.2 Å². The van der Waals surface area contributed by atoms with E-state index in [9.17, 15) is 19.7 Å². The summed E-state index contributed by atoms with van der Waals surface area (Å²) in [6, 6.07) is 3.79. The fraction of sp³-hybridized carbons (Fsp3) is 0.500. The van der Waals surface area contributed by atoms with Crippen LogP contribution in [0.4, 0.5) is 11.4 Å².